The maximum absolute atomic E-state index is 12.4. The SMILES string of the molecule is CCOC(=O)c1c(-c2cccs2)csc1NC(=O)C[NH+]1CCNC(=O)C1. The first-order valence-electron chi connectivity index (χ1n) is 8.31. The molecule has 138 valence electrons. The van der Waals surface area contributed by atoms with Gasteiger partial charge in [0.25, 0.3) is 11.8 Å². The van der Waals surface area contributed by atoms with E-state index in [4.69, 9.17) is 4.74 Å². The number of anilines is 1. The average Bonchev–Trinajstić information content (AvgIpc) is 3.24. The molecule has 1 saturated heterocycles. The molecule has 3 N–H and O–H groups in total. The zero-order valence-electron chi connectivity index (χ0n) is 14.3. The summed E-state index contributed by atoms with van der Waals surface area (Å²) in [4.78, 5) is 38.1. The monoisotopic (exact) mass is 394 g/mol. The van der Waals surface area contributed by atoms with Crippen molar-refractivity contribution in [2.45, 2.75) is 6.92 Å². The fraction of sp³-hybridized carbons (Fsp3) is 0.353. The first-order valence-corrected chi connectivity index (χ1v) is 10.1. The van der Waals surface area contributed by atoms with Crippen LogP contribution in [0.4, 0.5) is 5.00 Å². The number of carbonyl (C=O) groups excluding carboxylic acids is 3. The van der Waals surface area contributed by atoms with Crippen molar-refractivity contribution in [2.75, 3.05) is 38.1 Å². The number of thiophene rings is 2. The highest BCUT2D eigenvalue weighted by atomic mass is 32.1. The molecule has 0 radical (unpaired) electrons. The van der Waals surface area contributed by atoms with Gasteiger partial charge in [0.05, 0.1) is 19.7 Å². The standard InChI is InChI=1S/C17H19N3O4S2/c1-2-24-17(23)15-11(12-4-3-7-25-12)10-26-16(15)19-14(22)9-20-6-5-18-13(21)8-20/h3-4,7,10H,2,5-6,8-9H2,1H3,(H,18,21)(H,19,22)/p+1. The molecule has 1 aliphatic rings. The van der Waals surface area contributed by atoms with Crippen molar-refractivity contribution in [1.82, 2.24) is 5.32 Å². The second-order valence-corrected chi connectivity index (χ2v) is 7.63. The van der Waals surface area contributed by atoms with Crippen LogP contribution >= 0.6 is 22.7 Å². The van der Waals surface area contributed by atoms with Crippen molar-refractivity contribution < 1.29 is 24.0 Å². The molecule has 0 saturated carbocycles. The molecule has 1 atom stereocenters. The van der Waals surface area contributed by atoms with E-state index in [2.05, 4.69) is 10.6 Å². The molecule has 9 heteroatoms. The maximum atomic E-state index is 12.4. The highest BCUT2D eigenvalue weighted by Gasteiger charge is 2.26. The van der Waals surface area contributed by atoms with Gasteiger partial charge in [-0.3, -0.25) is 9.59 Å². The van der Waals surface area contributed by atoms with Crippen molar-refractivity contribution >= 4 is 45.5 Å². The van der Waals surface area contributed by atoms with Crippen LogP contribution in [0.15, 0.2) is 22.9 Å². The summed E-state index contributed by atoms with van der Waals surface area (Å²) in [6.45, 7) is 3.74. The van der Waals surface area contributed by atoms with Crippen molar-refractivity contribution in [3.8, 4) is 10.4 Å². The van der Waals surface area contributed by atoms with Crippen LogP contribution in [0.2, 0.25) is 0 Å². The number of amides is 2. The lowest BCUT2D eigenvalue weighted by molar-refractivity contribution is -0.885. The molecule has 2 aromatic heterocycles. The molecule has 2 amide bonds. The fourth-order valence-electron chi connectivity index (χ4n) is 2.77. The van der Waals surface area contributed by atoms with Gasteiger partial charge in [-0.05, 0) is 18.4 Å². The van der Waals surface area contributed by atoms with E-state index in [-0.39, 0.29) is 31.5 Å². The van der Waals surface area contributed by atoms with Crippen LogP contribution in [0.5, 0.6) is 0 Å². The number of rotatable bonds is 6. The van der Waals surface area contributed by atoms with Gasteiger partial charge in [-0.25, -0.2) is 4.79 Å². The molecular formula is C17H20N3O4S2+. The Hall–Kier alpha value is -2.23. The summed E-state index contributed by atoms with van der Waals surface area (Å²) in [5.74, 6) is -0.723. The summed E-state index contributed by atoms with van der Waals surface area (Å²) in [5, 5.41) is 9.84. The Kier molecular flexibility index (Phi) is 6.02. The molecule has 0 aromatic carbocycles. The summed E-state index contributed by atoms with van der Waals surface area (Å²) in [6.07, 6.45) is 0. The van der Waals surface area contributed by atoms with Crippen LogP contribution in [0.3, 0.4) is 0 Å². The van der Waals surface area contributed by atoms with Crippen LogP contribution in [0.25, 0.3) is 10.4 Å². The molecule has 1 unspecified atom stereocenters. The molecule has 2 aromatic rings. The van der Waals surface area contributed by atoms with E-state index in [1.165, 1.54) is 22.7 Å². The lowest BCUT2D eigenvalue weighted by Gasteiger charge is -2.22. The van der Waals surface area contributed by atoms with Gasteiger partial charge < -0.3 is 20.3 Å². The first kappa shape index (κ1) is 18.6. The predicted molar refractivity (Wildman–Crippen MR) is 101 cm³/mol. The van der Waals surface area contributed by atoms with Crippen LogP contribution in [-0.4, -0.2) is 50.6 Å². The first-order chi connectivity index (χ1) is 12.6. The third-order valence-electron chi connectivity index (χ3n) is 3.93. The van der Waals surface area contributed by atoms with Gasteiger partial charge in [-0.15, -0.1) is 22.7 Å². The minimum atomic E-state index is -0.447. The summed E-state index contributed by atoms with van der Waals surface area (Å²) >= 11 is 2.83. The fourth-order valence-corrected chi connectivity index (χ4v) is 4.56. The molecule has 3 heterocycles. The van der Waals surface area contributed by atoms with E-state index >= 15 is 0 Å². The molecule has 3 rings (SSSR count). The average molecular weight is 394 g/mol. The van der Waals surface area contributed by atoms with Crippen molar-refractivity contribution in [3.05, 3.63) is 28.5 Å². The Morgan fingerprint density at radius 2 is 2.23 bits per heavy atom. The van der Waals surface area contributed by atoms with Gasteiger partial charge in [-0.1, -0.05) is 6.07 Å². The summed E-state index contributed by atoms with van der Waals surface area (Å²) in [7, 11) is 0. The number of hydrogen-bond donors (Lipinski definition) is 3. The Labute approximate surface area is 159 Å². The van der Waals surface area contributed by atoms with Crippen LogP contribution < -0.4 is 15.5 Å². The third kappa shape index (κ3) is 4.29. The second kappa shape index (κ2) is 8.43. The number of piperazine rings is 1. The molecule has 1 fully saturated rings. The largest absolute Gasteiger partial charge is 0.462 e. The van der Waals surface area contributed by atoms with Gasteiger partial charge in [0.1, 0.15) is 10.6 Å². The van der Waals surface area contributed by atoms with E-state index in [1.54, 1.807) is 6.92 Å². The van der Waals surface area contributed by atoms with Gasteiger partial charge in [0.2, 0.25) is 0 Å². The quantitative estimate of drug-likeness (QED) is 0.627. The van der Waals surface area contributed by atoms with E-state index in [9.17, 15) is 14.4 Å². The van der Waals surface area contributed by atoms with E-state index < -0.39 is 5.97 Å². The molecule has 0 bridgehead atoms. The maximum Gasteiger partial charge on any atom is 0.341 e. The van der Waals surface area contributed by atoms with E-state index in [1.807, 2.05) is 22.9 Å². The molecular weight excluding hydrogens is 374 g/mol. The van der Waals surface area contributed by atoms with E-state index in [0.717, 1.165) is 15.3 Å². The van der Waals surface area contributed by atoms with Crippen LogP contribution in [0.1, 0.15) is 17.3 Å². The zero-order chi connectivity index (χ0) is 18.5. The Bertz CT molecular complexity index is 801. The molecule has 0 spiro atoms. The number of nitrogens with one attached hydrogen (secondary N) is 3. The summed E-state index contributed by atoms with van der Waals surface area (Å²) in [6, 6.07) is 3.84. The van der Waals surface area contributed by atoms with Gasteiger partial charge in [0.15, 0.2) is 13.1 Å². The minimum Gasteiger partial charge on any atom is -0.462 e. The lowest BCUT2D eigenvalue weighted by Crippen LogP contribution is -3.16. The van der Waals surface area contributed by atoms with Gasteiger partial charge in [0, 0.05) is 15.8 Å². The Morgan fingerprint density at radius 3 is 2.92 bits per heavy atom. The topological polar surface area (TPSA) is 88.9 Å². The van der Waals surface area contributed by atoms with Crippen molar-refractivity contribution in [1.29, 1.82) is 0 Å². The third-order valence-corrected chi connectivity index (χ3v) is 5.73. The number of hydrogen-bond acceptors (Lipinski definition) is 6. The minimum absolute atomic E-state index is 0.0534. The Balaban J connectivity index is 1.77. The lowest BCUT2D eigenvalue weighted by atomic mass is 10.1. The highest BCUT2D eigenvalue weighted by Crippen LogP contribution is 2.38. The molecule has 26 heavy (non-hydrogen) atoms. The van der Waals surface area contributed by atoms with Gasteiger partial charge >= 0.3 is 5.97 Å². The zero-order valence-corrected chi connectivity index (χ0v) is 15.9. The highest BCUT2D eigenvalue weighted by molar-refractivity contribution is 7.17. The number of ether oxygens (including phenoxy) is 1. The van der Waals surface area contributed by atoms with Crippen molar-refractivity contribution in [3.63, 3.8) is 0 Å². The summed E-state index contributed by atoms with van der Waals surface area (Å²) < 4.78 is 5.17. The van der Waals surface area contributed by atoms with Gasteiger partial charge in [-0.2, -0.15) is 0 Å². The second-order valence-electron chi connectivity index (χ2n) is 5.80. The van der Waals surface area contributed by atoms with Crippen LogP contribution in [0, 0.1) is 0 Å². The number of carbonyl (C=O) groups is 3. The summed E-state index contributed by atoms with van der Waals surface area (Å²) in [5.41, 5.74) is 1.16. The predicted octanol–water partition coefficient (Wildman–Crippen LogP) is 0.606. The normalized spacial score (nSPS) is 16.8. The smallest absolute Gasteiger partial charge is 0.341 e. The molecule has 1 aliphatic heterocycles. The molecule has 7 nitrogen and oxygen atoms in total. The van der Waals surface area contributed by atoms with Crippen LogP contribution in [-0.2, 0) is 14.3 Å². The molecule has 0 aliphatic carbocycles. The number of quaternary nitrogens is 1. The van der Waals surface area contributed by atoms with Crippen molar-refractivity contribution in [2.24, 2.45) is 0 Å². The Morgan fingerprint density at radius 1 is 1.38 bits per heavy atom. The van der Waals surface area contributed by atoms with E-state index in [0.29, 0.717) is 23.7 Å². The number of esters is 1.